The fourth-order valence-electron chi connectivity index (χ4n) is 4.21. The van der Waals surface area contributed by atoms with Crippen molar-refractivity contribution >= 4 is 39.2 Å². The summed E-state index contributed by atoms with van der Waals surface area (Å²) in [6.45, 7) is 4.07. The number of benzene rings is 3. The number of rotatable bonds is 7. The summed E-state index contributed by atoms with van der Waals surface area (Å²) in [6.07, 6.45) is -0.425. The molecule has 1 atom stereocenters. The van der Waals surface area contributed by atoms with Crippen LogP contribution in [-0.2, 0) is 19.1 Å². The Morgan fingerprint density at radius 1 is 0.800 bits per heavy atom. The summed E-state index contributed by atoms with van der Waals surface area (Å²) in [7, 11) is 0. The molecule has 4 rings (SSSR count). The van der Waals surface area contributed by atoms with Crippen LogP contribution in [0.25, 0.3) is 0 Å². The molecule has 0 saturated heterocycles. The lowest BCUT2D eigenvalue weighted by Crippen LogP contribution is -2.50. The van der Waals surface area contributed by atoms with Crippen LogP contribution in [0.5, 0.6) is 0 Å². The summed E-state index contributed by atoms with van der Waals surface area (Å²) in [5.41, 5.74) is 3.06. The molecular formula is C28H27BrN2O4. The van der Waals surface area contributed by atoms with Gasteiger partial charge in [0.1, 0.15) is 11.9 Å². The van der Waals surface area contributed by atoms with E-state index in [0.717, 1.165) is 21.4 Å². The number of anilines is 2. The second kappa shape index (κ2) is 11.2. The van der Waals surface area contributed by atoms with E-state index in [1.54, 1.807) is 13.8 Å². The highest BCUT2D eigenvalue weighted by atomic mass is 79.9. The Bertz CT molecular complexity index is 1200. The fourth-order valence-corrected chi connectivity index (χ4v) is 4.48. The van der Waals surface area contributed by atoms with Crippen molar-refractivity contribution in [2.24, 2.45) is 0 Å². The molecule has 0 spiro atoms. The molecule has 0 radical (unpaired) electrons. The SMILES string of the molecule is CCOC(=O)C1=C(C(=O)OCC)N(c2ccccc2)C(c2ccc(Br)cc2)N(c2ccccc2)C1. The molecule has 35 heavy (non-hydrogen) atoms. The molecule has 0 bridgehead atoms. The van der Waals surface area contributed by atoms with Crippen LogP contribution < -0.4 is 9.80 Å². The summed E-state index contributed by atoms with van der Waals surface area (Å²) in [5, 5.41) is 0. The standard InChI is InChI=1S/C28H27BrN2O4/c1-3-34-27(32)24-19-30(22-11-7-5-8-12-22)26(20-15-17-21(29)18-16-20)31(23-13-9-6-10-14-23)25(24)28(33)35-4-2/h5-18,26H,3-4,19H2,1-2H3. The minimum Gasteiger partial charge on any atom is -0.463 e. The van der Waals surface area contributed by atoms with Gasteiger partial charge < -0.3 is 19.3 Å². The number of hydrogen-bond acceptors (Lipinski definition) is 6. The van der Waals surface area contributed by atoms with Gasteiger partial charge >= 0.3 is 11.9 Å². The zero-order chi connectivity index (χ0) is 24.8. The quantitative estimate of drug-likeness (QED) is 0.354. The van der Waals surface area contributed by atoms with Crippen molar-refractivity contribution < 1.29 is 19.1 Å². The highest BCUT2D eigenvalue weighted by Crippen LogP contribution is 2.42. The van der Waals surface area contributed by atoms with Crippen LogP contribution in [0.15, 0.2) is 101 Å². The fraction of sp³-hybridized carbons (Fsp3) is 0.214. The van der Waals surface area contributed by atoms with E-state index in [9.17, 15) is 9.59 Å². The summed E-state index contributed by atoms with van der Waals surface area (Å²) in [5.74, 6) is -1.10. The van der Waals surface area contributed by atoms with Gasteiger partial charge in [0.15, 0.2) is 0 Å². The molecule has 0 amide bonds. The van der Waals surface area contributed by atoms with Crippen molar-refractivity contribution in [3.05, 3.63) is 106 Å². The van der Waals surface area contributed by atoms with E-state index in [2.05, 4.69) is 20.8 Å². The molecule has 7 heteroatoms. The molecular weight excluding hydrogens is 508 g/mol. The van der Waals surface area contributed by atoms with Crippen LogP contribution in [-0.4, -0.2) is 31.7 Å². The second-order valence-corrected chi connectivity index (χ2v) is 8.78. The van der Waals surface area contributed by atoms with Crippen LogP contribution in [0.2, 0.25) is 0 Å². The molecule has 0 N–H and O–H groups in total. The first-order chi connectivity index (χ1) is 17.0. The Balaban J connectivity index is 2.02. The van der Waals surface area contributed by atoms with Gasteiger partial charge in [-0.3, -0.25) is 0 Å². The van der Waals surface area contributed by atoms with E-state index in [4.69, 9.17) is 9.47 Å². The molecule has 0 aromatic heterocycles. The van der Waals surface area contributed by atoms with E-state index < -0.39 is 18.1 Å². The van der Waals surface area contributed by atoms with Gasteiger partial charge in [-0.1, -0.05) is 64.5 Å². The number of nitrogens with zero attached hydrogens (tertiary/aromatic N) is 2. The summed E-state index contributed by atoms with van der Waals surface area (Å²) >= 11 is 3.52. The van der Waals surface area contributed by atoms with Crippen LogP contribution in [0, 0.1) is 0 Å². The van der Waals surface area contributed by atoms with Crippen molar-refractivity contribution in [3.63, 3.8) is 0 Å². The molecule has 0 saturated carbocycles. The lowest BCUT2D eigenvalue weighted by molar-refractivity contribution is -0.142. The zero-order valence-corrected chi connectivity index (χ0v) is 21.3. The van der Waals surface area contributed by atoms with Crippen molar-refractivity contribution in [1.29, 1.82) is 0 Å². The maximum atomic E-state index is 13.4. The highest BCUT2D eigenvalue weighted by molar-refractivity contribution is 9.10. The first-order valence-corrected chi connectivity index (χ1v) is 12.3. The third kappa shape index (κ3) is 5.25. The predicted octanol–water partition coefficient (Wildman–Crippen LogP) is 5.85. The van der Waals surface area contributed by atoms with Gasteiger partial charge in [0.25, 0.3) is 0 Å². The number of esters is 2. The topological polar surface area (TPSA) is 59.1 Å². The van der Waals surface area contributed by atoms with E-state index >= 15 is 0 Å². The van der Waals surface area contributed by atoms with Crippen molar-refractivity contribution in [2.45, 2.75) is 20.0 Å². The van der Waals surface area contributed by atoms with Crippen molar-refractivity contribution in [3.8, 4) is 0 Å². The number of halogens is 1. The second-order valence-electron chi connectivity index (χ2n) is 7.86. The maximum Gasteiger partial charge on any atom is 0.355 e. The first kappa shape index (κ1) is 24.5. The Morgan fingerprint density at radius 2 is 1.34 bits per heavy atom. The number of carbonyl (C=O) groups is 2. The third-order valence-corrected chi connectivity index (χ3v) is 6.20. The minimum absolute atomic E-state index is 0.182. The normalized spacial score (nSPS) is 15.7. The smallest absolute Gasteiger partial charge is 0.355 e. The van der Waals surface area contributed by atoms with E-state index in [-0.39, 0.29) is 31.0 Å². The van der Waals surface area contributed by atoms with Crippen molar-refractivity contribution in [2.75, 3.05) is 29.6 Å². The largest absolute Gasteiger partial charge is 0.463 e. The average Bonchev–Trinajstić information content (AvgIpc) is 2.89. The molecule has 3 aromatic carbocycles. The minimum atomic E-state index is -0.561. The molecule has 1 aliphatic heterocycles. The Labute approximate surface area is 213 Å². The lowest BCUT2D eigenvalue weighted by atomic mass is 9.99. The van der Waals surface area contributed by atoms with Gasteiger partial charge in [0.05, 0.1) is 25.3 Å². The van der Waals surface area contributed by atoms with Crippen LogP contribution in [0.3, 0.4) is 0 Å². The van der Waals surface area contributed by atoms with E-state index in [1.165, 1.54) is 0 Å². The van der Waals surface area contributed by atoms with Crippen LogP contribution in [0.4, 0.5) is 11.4 Å². The molecule has 1 heterocycles. The first-order valence-electron chi connectivity index (χ1n) is 11.5. The van der Waals surface area contributed by atoms with Gasteiger partial charge in [0.2, 0.25) is 0 Å². The van der Waals surface area contributed by atoms with Gasteiger partial charge in [-0.2, -0.15) is 0 Å². The molecule has 3 aromatic rings. The molecule has 1 aliphatic rings. The Morgan fingerprint density at radius 3 is 1.91 bits per heavy atom. The van der Waals surface area contributed by atoms with Gasteiger partial charge in [-0.05, 0) is 55.8 Å². The highest BCUT2D eigenvalue weighted by Gasteiger charge is 2.42. The molecule has 0 aliphatic carbocycles. The summed E-state index contributed by atoms with van der Waals surface area (Å²) in [4.78, 5) is 30.6. The molecule has 1 unspecified atom stereocenters. The van der Waals surface area contributed by atoms with E-state index in [1.807, 2.05) is 89.8 Å². The zero-order valence-electron chi connectivity index (χ0n) is 19.7. The lowest BCUT2D eigenvalue weighted by Gasteiger charge is -2.47. The maximum absolute atomic E-state index is 13.4. The average molecular weight is 535 g/mol. The van der Waals surface area contributed by atoms with Crippen LogP contribution >= 0.6 is 15.9 Å². The van der Waals surface area contributed by atoms with Gasteiger partial charge in [-0.25, -0.2) is 9.59 Å². The summed E-state index contributed by atoms with van der Waals surface area (Å²) < 4.78 is 11.8. The monoisotopic (exact) mass is 534 g/mol. The van der Waals surface area contributed by atoms with Crippen LogP contribution in [0.1, 0.15) is 25.6 Å². The van der Waals surface area contributed by atoms with Crippen molar-refractivity contribution in [1.82, 2.24) is 0 Å². The molecule has 180 valence electrons. The number of carbonyl (C=O) groups excluding carboxylic acids is 2. The van der Waals surface area contributed by atoms with Gasteiger partial charge in [0, 0.05) is 15.8 Å². The number of para-hydroxylation sites is 2. The van der Waals surface area contributed by atoms with E-state index in [0.29, 0.717) is 0 Å². The van der Waals surface area contributed by atoms with Gasteiger partial charge in [-0.15, -0.1) is 0 Å². The molecule has 0 fully saturated rings. The number of ether oxygens (including phenoxy) is 2. The predicted molar refractivity (Wildman–Crippen MR) is 140 cm³/mol. The number of hydrogen-bond donors (Lipinski definition) is 0. The molecule has 6 nitrogen and oxygen atoms in total. The summed E-state index contributed by atoms with van der Waals surface area (Å²) in [6, 6.07) is 27.4. The Kier molecular flexibility index (Phi) is 7.87. The Hall–Kier alpha value is -3.58. The third-order valence-electron chi connectivity index (χ3n) is 5.68.